The third-order valence-corrected chi connectivity index (χ3v) is 5.12. The Bertz CT molecular complexity index is 1030. The largest absolute Gasteiger partial charge is 0.497 e. The van der Waals surface area contributed by atoms with E-state index in [2.05, 4.69) is 5.32 Å². The van der Waals surface area contributed by atoms with Crippen molar-refractivity contribution in [2.75, 3.05) is 19.1 Å². The predicted octanol–water partition coefficient (Wildman–Crippen LogP) is 3.71. The standard InChI is InChI=1S/C23H24N2O5S/c1-5-14(2)30-19-11-6-15(13-20(19)29-4)12-18-21(26)24-23(31)25(22(18)27)16-7-9-17(28-3)10-8-16/h6-14H,5H2,1-4H3,(H,24,26,31). The van der Waals surface area contributed by atoms with Crippen LogP contribution >= 0.6 is 12.2 Å². The van der Waals surface area contributed by atoms with Gasteiger partial charge >= 0.3 is 0 Å². The Labute approximate surface area is 186 Å². The number of anilines is 1. The summed E-state index contributed by atoms with van der Waals surface area (Å²) < 4.78 is 16.4. The highest BCUT2D eigenvalue weighted by atomic mass is 32.1. The van der Waals surface area contributed by atoms with Crippen molar-refractivity contribution in [2.24, 2.45) is 0 Å². The summed E-state index contributed by atoms with van der Waals surface area (Å²) in [5.74, 6) is 0.683. The van der Waals surface area contributed by atoms with Gasteiger partial charge in [0.1, 0.15) is 11.3 Å². The molecule has 2 aromatic carbocycles. The van der Waals surface area contributed by atoms with E-state index < -0.39 is 11.8 Å². The molecule has 7 nitrogen and oxygen atoms in total. The van der Waals surface area contributed by atoms with Crippen LogP contribution in [0.5, 0.6) is 17.2 Å². The first kappa shape index (κ1) is 22.3. The number of hydrogen-bond donors (Lipinski definition) is 1. The van der Waals surface area contributed by atoms with Crippen molar-refractivity contribution in [3.05, 3.63) is 53.6 Å². The van der Waals surface area contributed by atoms with Gasteiger partial charge in [-0.1, -0.05) is 13.0 Å². The maximum absolute atomic E-state index is 13.1. The number of amides is 2. The molecule has 1 atom stereocenters. The second-order valence-electron chi connectivity index (χ2n) is 6.90. The fourth-order valence-electron chi connectivity index (χ4n) is 2.96. The highest BCUT2D eigenvalue weighted by Gasteiger charge is 2.34. The van der Waals surface area contributed by atoms with Crippen molar-refractivity contribution in [3.8, 4) is 17.2 Å². The average molecular weight is 441 g/mol. The summed E-state index contributed by atoms with van der Waals surface area (Å²) in [7, 11) is 3.10. The molecule has 8 heteroatoms. The van der Waals surface area contributed by atoms with Crippen LogP contribution in [0.25, 0.3) is 6.08 Å². The number of carbonyl (C=O) groups excluding carboxylic acids is 2. The molecule has 1 unspecified atom stereocenters. The lowest BCUT2D eigenvalue weighted by Crippen LogP contribution is -2.54. The Kier molecular flexibility index (Phi) is 6.91. The monoisotopic (exact) mass is 440 g/mol. The van der Waals surface area contributed by atoms with Crippen molar-refractivity contribution in [3.63, 3.8) is 0 Å². The Balaban J connectivity index is 1.93. The number of hydrogen-bond acceptors (Lipinski definition) is 6. The van der Waals surface area contributed by atoms with Gasteiger partial charge in [0.2, 0.25) is 0 Å². The molecule has 0 radical (unpaired) electrons. The Morgan fingerprint density at radius 2 is 1.77 bits per heavy atom. The van der Waals surface area contributed by atoms with Gasteiger partial charge in [-0.3, -0.25) is 19.8 Å². The summed E-state index contributed by atoms with van der Waals surface area (Å²) in [4.78, 5) is 26.9. The maximum Gasteiger partial charge on any atom is 0.270 e. The minimum atomic E-state index is -0.557. The van der Waals surface area contributed by atoms with Crippen LogP contribution in [0.2, 0.25) is 0 Å². The van der Waals surface area contributed by atoms with E-state index in [-0.39, 0.29) is 16.8 Å². The Morgan fingerprint density at radius 3 is 2.39 bits per heavy atom. The fraction of sp³-hybridized carbons (Fsp3) is 0.261. The average Bonchev–Trinajstić information content (AvgIpc) is 2.77. The molecule has 2 aromatic rings. The molecule has 1 N–H and O–H groups in total. The molecule has 1 saturated heterocycles. The smallest absolute Gasteiger partial charge is 0.270 e. The molecule has 0 aromatic heterocycles. The molecule has 0 spiro atoms. The van der Waals surface area contributed by atoms with Crippen LogP contribution in [0.1, 0.15) is 25.8 Å². The summed E-state index contributed by atoms with van der Waals surface area (Å²) in [6.45, 7) is 4.00. The van der Waals surface area contributed by atoms with E-state index in [1.54, 1.807) is 49.6 Å². The Hall–Kier alpha value is -3.39. The van der Waals surface area contributed by atoms with Crippen molar-refractivity contribution < 1.29 is 23.8 Å². The molecule has 0 aliphatic carbocycles. The van der Waals surface area contributed by atoms with E-state index in [0.29, 0.717) is 28.5 Å². The highest BCUT2D eigenvalue weighted by molar-refractivity contribution is 7.80. The molecule has 3 rings (SSSR count). The van der Waals surface area contributed by atoms with E-state index >= 15 is 0 Å². The van der Waals surface area contributed by atoms with Gasteiger partial charge in [-0.05, 0) is 73.6 Å². The van der Waals surface area contributed by atoms with Crippen LogP contribution in [-0.4, -0.2) is 37.3 Å². The molecular weight excluding hydrogens is 416 g/mol. The van der Waals surface area contributed by atoms with Gasteiger partial charge < -0.3 is 14.2 Å². The third-order valence-electron chi connectivity index (χ3n) is 4.83. The summed E-state index contributed by atoms with van der Waals surface area (Å²) in [5, 5.41) is 2.59. The second-order valence-corrected chi connectivity index (χ2v) is 7.29. The molecule has 1 aliphatic heterocycles. The molecule has 0 bridgehead atoms. The first-order chi connectivity index (χ1) is 14.9. The number of nitrogens with one attached hydrogen (secondary N) is 1. The van der Waals surface area contributed by atoms with E-state index in [1.165, 1.54) is 18.1 Å². The number of ether oxygens (including phenoxy) is 3. The van der Waals surface area contributed by atoms with Crippen LogP contribution in [0.4, 0.5) is 5.69 Å². The normalized spacial score (nSPS) is 16.2. The maximum atomic E-state index is 13.1. The molecular formula is C23H24N2O5S. The van der Waals surface area contributed by atoms with E-state index in [0.717, 1.165) is 6.42 Å². The molecule has 1 heterocycles. The predicted molar refractivity (Wildman–Crippen MR) is 123 cm³/mol. The number of rotatable bonds is 7. The second kappa shape index (κ2) is 9.61. The van der Waals surface area contributed by atoms with E-state index in [1.807, 2.05) is 13.8 Å². The minimum absolute atomic E-state index is 0.0206. The van der Waals surface area contributed by atoms with Gasteiger partial charge in [0.05, 0.1) is 26.0 Å². The minimum Gasteiger partial charge on any atom is -0.497 e. The molecule has 31 heavy (non-hydrogen) atoms. The van der Waals surface area contributed by atoms with Gasteiger partial charge in [0.25, 0.3) is 11.8 Å². The zero-order chi connectivity index (χ0) is 22.5. The lowest BCUT2D eigenvalue weighted by Gasteiger charge is -2.29. The van der Waals surface area contributed by atoms with Gasteiger partial charge in [0.15, 0.2) is 16.6 Å². The van der Waals surface area contributed by atoms with Gasteiger partial charge in [-0.15, -0.1) is 0 Å². The number of nitrogens with zero attached hydrogens (tertiary/aromatic N) is 1. The number of carbonyl (C=O) groups is 2. The summed E-state index contributed by atoms with van der Waals surface area (Å²) >= 11 is 5.23. The van der Waals surface area contributed by atoms with Crippen LogP contribution in [0, 0.1) is 0 Å². The van der Waals surface area contributed by atoms with Crippen molar-refractivity contribution in [2.45, 2.75) is 26.4 Å². The molecule has 0 saturated carbocycles. The molecule has 1 fully saturated rings. The van der Waals surface area contributed by atoms with Gasteiger partial charge in [0, 0.05) is 0 Å². The zero-order valence-corrected chi connectivity index (χ0v) is 18.6. The number of benzene rings is 2. The van der Waals surface area contributed by atoms with Crippen molar-refractivity contribution in [1.82, 2.24) is 5.32 Å². The van der Waals surface area contributed by atoms with Crippen LogP contribution in [0.15, 0.2) is 48.0 Å². The van der Waals surface area contributed by atoms with Crippen LogP contribution in [-0.2, 0) is 9.59 Å². The van der Waals surface area contributed by atoms with Crippen molar-refractivity contribution in [1.29, 1.82) is 0 Å². The molecule has 1 aliphatic rings. The van der Waals surface area contributed by atoms with E-state index in [4.69, 9.17) is 26.4 Å². The summed E-state index contributed by atoms with van der Waals surface area (Å²) in [6.07, 6.45) is 2.39. The topological polar surface area (TPSA) is 77.1 Å². The summed E-state index contributed by atoms with van der Waals surface area (Å²) in [6, 6.07) is 12.1. The van der Waals surface area contributed by atoms with Crippen LogP contribution in [0.3, 0.4) is 0 Å². The SMILES string of the molecule is CCC(C)Oc1ccc(C=C2C(=O)NC(=S)N(c3ccc(OC)cc3)C2=O)cc1OC. The fourth-order valence-corrected chi connectivity index (χ4v) is 3.24. The quantitative estimate of drug-likeness (QED) is 0.402. The molecule has 2 amide bonds. The Morgan fingerprint density at radius 1 is 1.06 bits per heavy atom. The zero-order valence-electron chi connectivity index (χ0n) is 17.8. The summed E-state index contributed by atoms with van der Waals surface area (Å²) in [5.41, 5.74) is 1.10. The third kappa shape index (κ3) is 4.86. The lowest BCUT2D eigenvalue weighted by atomic mass is 10.1. The number of methoxy groups -OCH3 is 2. The molecule has 162 valence electrons. The number of thiocarbonyl (C=S) groups is 1. The first-order valence-electron chi connectivity index (χ1n) is 9.78. The van der Waals surface area contributed by atoms with Crippen molar-refractivity contribution >= 4 is 40.9 Å². The van der Waals surface area contributed by atoms with Crippen LogP contribution < -0.4 is 24.4 Å². The van der Waals surface area contributed by atoms with E-state index in [9.17, 15) is 9.59 Å². The lowest BCUT2D eigenvalue weighted by molar-refractivity contribution is -0.122. The van der Waals surface area contributed by atoms with Gasteiger partial charge in [-0.25, -0.2) is 0 Å². The highest BCUT2D eigenvalue weighted by Crippen LogP contribution is 2.31. The first-order valence-corrected chi connectivity index (χ1v) is 10.2. The van der Waals surface area contributed by atoms with Gasteiger partial charge in [-0.2, -0.15) is 0 Å².